The second-order valence-corrected chi connectivity index (χ2v) is 7.80. The molecule has 0 unspecified atom stereocenters. The number of carbonyl (C=O) groups is 1. The third-order valence-corrected chi connectivity index (χ3v) is 5.25. The first-order valence-electron chi connectivity index (χ1n) is 9.73. The Labute approximate surface area is 188 Å². The second-order valence-electron chi connectivity index (χ2n) is 6.87. The molecule has 0 spiro atoms. The SMILES string of the molecule is CN(Cc1cnn(-c2ccccc2)c1)C(=O)CSc1nnc(COc2ccc(F)cc2)o1. The van der Waals surface area contributed by atoms with Crippen molar-refractivity contribution in [1.29, 1.82) is 0 Å². The molecule has 0 saturated heterocycles. The van der Waals surface area contributed by atoms with Crippen LogP contribution in [0.1, 0.15) is 11.5 Å². The lowest BCUT2D eigenvalue weighted by Gasteiger charge is -2.15. The van der Waals surface area contributed by atoms with E-state index in [1.54, 1.807) is 22.8 Å². The Balaban J connectivity index is 1.24. The van der Waals surface area contributed by atoms with Crippen LogP contribution in [0.4, 0.5) is 4.39 Å². The molecule has 0 fully saturated rings. The van der Waals surface area contributed by atoms with Gasteiger partial charge in [0.05, 0.1) is 17.6 Å². The number of para-hydroxylation sites is 1. The molecule has 0 aliphatic heterocycles. The van der Waals surface area contributed by atoms with Gasteiger partial charge in [-0.15, -0.1) is 10.2 Å². The molecule has 0 N–H and O–H groups in total. The number of hydrogen-bond donors (Lipinski definition) is 0. The van der Waals surface area contributed by atoms with E-state index < -0.39 is 0 Å². The molecule has 2 aromatic heterocycles. The van der Waals surface area contributed by atoms with Gasteiger partial charge in [0.1, 0.15) is 11.6 Å². The lowest BCUT2D eigenvalue weighted by atomic mass is 10.3. The first-order chi connectivity index (χ1) is 15.6. The van der Waals surface area contributed by atoms with Crippen LogP contribution in [0.25, 0.3) is 5.69 Å². The molecule has 0 aliphatic carbocycles. The van der Waals surface area contributed by atoms with Crippen molar-refractivity contribution in [1.82, 2.24) is 24.9 Å². The molecule has 8 nitrogen and oxygen atoms in total. The summed E-state index contributed by atoms with van der Waals surface area (Å²) < 4.78 is 25.7. The van der Waals surface area contributed by atoms with Crippen LogP contribution in [0.3, 0.4) is 0 Å². The average Bonchev–Trinajstić information content (AvgIpc) is 3.47. The molecule has 32 heavy (non-hydrogen) atoms. The maximum Gasteiger partial charge on any atom is 0.277 e. The summed E-state index contributed by atoms with van der Waals surface area (Å²) in [6.07, 6.45) is 3.65. The van der Waals surface area contributed by atoms with Gasteiger partial charge in [-0.3, -0.25) is 4.79 Å². The molecule has 0 atom stereocenters. The molecule has 4 rings (SSSR count). The summed E-state index contributed by atoms with van der Waals surface area (Å²) in [5.41, 5.74) is 1.88. The molecule has 164 valence electrons. The topological polar surface area (TPSA) is 86.3 Å². The van der Waals surface area contributed by atoms with E-state index in [0.29, 0.717) is 12.3 Å². The van der Waals surface area contributed by atoms with Gasteiger partial charge in [0.25, 0.3) is 11.1 Å². The zero-order valence-corrected chi connectivity index (χ0v) is 18.0. The summed E-state index contributed by atoms with van der Waals surface area (Å²) in [7, 11) is 1.73. The zero-order chi connectivity index (χ0) is 22.3. The number of ether oxygens (including phenoxy) is 1. The predicted molar refractivity (Wildman–Crippen MR) is 116 cm³/mol. The Morgan fingerprint density at radius 1 is 1.16 bits per heavy atom. The molecule has 0 bridgehead atoms. The Kier molecular flexibility index (Phi) is 6.81. The smallest absolute Gasteiger partial charge is 0.277 e. The highest BCUT2D eigenvalue weighted by molar-refractivity contribution is 7.99. The van der Waals surface area contributed by atoms with E-state index in [4.69, 9.17) is 9.15 Å². The van der Waals surface area contributed by atoms with Crippen LogP contribution in [-0.2, 0) is 17.9 Å². The molecular formula is C22H20FN5O3S. The predicted octanol–water partition coefficient (Wildman–Crippen LogP) is 3.72. The molecule has 0 aliphatic rings. The van der Waals surface area contributed by atoms with Gasteiger partial charge in [-0.25, -0.2) is 9.07 Å². The van der Waals surface area contributed by atoms with Gasteiger partial charge in [-0.1, -0.05) is 30.0 Å². The minimum atomic E-state index is -0.339. The third-order valence-electron chi connectivity index (χ3n) is 4.45. The molecule has 1 amide bonds. The first kappa shape index (κ1) is 21.6. The van der Waals surface area contributed by atoms with E-state index in [9.17, 15) is 9.18 Å². The number of thioether (sulfide) groups is 1. The lowest BCUT2D eigenvalue weighted by Crippen LogP contribution is -2.27. The van der Waals surface area contributed by atoms with E-state index in [-0.39, 0.29) is 35.2 Å². The maximum atomic E-state index is 12.9. The molecule has 0 saturated carbocycles. The van der Waals surface area contributed by atoms with Crippen LogP contribution < -0.4 is 4.74 Å². The van der Waals surface area contributed by atoms with Gasteiger partial charge in [0, 0.05) is 25.4 Å². The highest BCUT2D eigenvalue weighted by Gasteiger charge is 2.14. The largest absolute Gasteiger partial charge is 0.484 e. The number of aromatic nitrogens is 4. The van der Waals surface area contributed by atoms with Gasteiger partial charge in [-0.2, -0.15) is 5.10 Å². The zero-order valence-electron chi connectivity index (χ0n) is 17.2. The average molecular weight is 453 g/mol. The van der Waals surface area contributed by atoms with Gasteiger partial charge in [0.15, 0.2) is 6.61 Å². The number of carbonyl (C=O) groups excluding carboxylic acids is 1. The molecule has 2 aromatic carbocycles. The highest BCUT2D eigenvalue weighted by atomic mass is 32.2. The highest BCUT2D eigenvalue weighted by Crippen LogP contribution is 2.19. The van der Waals surface area contributed by atoms with Gasteiger partial charge in [0.2, 0.25) is 5.91 Å². The van der Waals surface area contributed by atoms with E-state index >= 15 is 0 Å². The van der Waals surface area contributed by atoms with Crippen LogP contribution in [0.5, 0.6) is 5.75 Å². The fraction of sp³-hybridized carbons (Fsp3) is 0.182. The van der Waals surface area contributed by atoms with Crippen LogP contribution in [-0.4, -0.2) is 43.6 Å². The Bertz CT molecular complexity index is 1160. The van der Waals surface area contributed by atoms with Crippen molar-refractivity contribution < 1.29 is 18.3 Å². The molecule has 2 heterocycles. The number of hydrogen-bond acceptors (Lipinski definition) is 7. The van der Waals surface area contributed by atoms with Gasteiger partial charge >= 0.3 is 0 Å². The van der Waals surface area contributed by atoms with Crippen LogP contribution in [0.2, 0.25) is 0 Å². The summed E-state index contributed by atoms with van der Waals surface area (Å²) in [4.78, 5) is 14.1. The van der Waals surface area contributed by atoms with Crippen molar-refractivity contribution in [3.8, 4) is 11.4 Å². The van der Waals surface area contributed by atoms with Gasteiger partial charge in [-0.05, 0) is 36.4 Å². The number of halogens is 1. The normalized spacial score (nSPS) is 10.8. The Hall–Kier alpha value is -3.66. The van der Waals surface area contributed by atoms with E-state index in [0.717, 1.165) is 23.0 Å². The van der Waals surface area contributed by atoms with Crippen LogP contribution >= 0.6 is 11.8 Å². The van der Waals surface area contributed by atoms with E-state index in [1.165, 1.54) is 24.3 Å². The molecule has 4 aromatic rings. The van der Waals surface area contributed by atoms with Gasteiger partial charge < -0.3 is 14.1 Å². The van der Waals surface area contributed by atoms with Crippen molar-refractivity contribution in [3.63, 3.8) is 0 Å². The Morgan fingerprint density at radius 3 is 2.72 bits per heavy atom. The van der Waals surface area contributed by atoms with E-state index in [2.05, 4.69) is 15.3 Å². The minimum Gasteiger partial charge on any atom is -0.484 e. The summed E-state index contributed by atoms with van der Waals surface area (Å²) in [6.45, 7) is 0.491. The van der Waals surface area contributed by atoms with E-state index in [1.807, 2.05) is 36.5 Å². The maximum absolute atomic E-state index is 12.9. The van der Waals surface area contributed by atoms with Crippen molar-refractivity contribution in [3.05, 3.63) is 84.3 Å². The molecular weight excluding hydrogens is 433 g/mol. The van der Waals surface area contributed by atoms with Crippen molar-refractivity contribution >= 4 is 17.7 Å². The number of rotatable bonds is 9. The quantitative estimate of drug-likeness (QED) is 0.357. The van der Waals surface area contributed by atoms with Crippen molar-refractivity contribution in [2.75, 3.05) is 12.8 Å². The van der Waals surface area contributed by atoms with Crippen molar-refractivity contribution in [2.24, 2.45) is 0 Å². The number of amides is 1. The summed E-state index contributed by atoms with van der Waals surface area (Å²) in [5, 5.41) is 12.4. The summed E-state index contributed by atoms with van der Waals surface area (Å²) >= 11 is 1.16. The monoisotopic (exact) mass is 453 g/mol. The van der Waals surface area contributed by atoms with Crippen LogP contribution in [0, 0.1) is 5.82 Å². The summed E-state index contributed by atoms with van der Waals surface area (Å²) in [6, 6.07) is 15.4. The summed E-state index contributed by atoms with van der Waals surface area (Å²) in [5.74, 6) is 0.499. The standard InChI is InChI=1S/C22H20FN5O3S/c1-27(12-16-11-24-28(13-16)18-5-3-2-4-6-18)21(29)15-32-22-26-25-20(31-22)14-30-19-9-7-17(23)8-10-19/h2-11,13H,12,14-15H2,1H3. The number of benzene rings is 2. The first-order valence-corrected chi connectivity index (χ1v) is 10.7. The lowest BCUT2D eigenvalue weighted by molar-refractivity contribution is -0.127. The second kappa shape index (κ2) is 10.1. The molecule has 0 radical (unpaired) electrons. The fourth-order valence-electron chi connectivity index (χ4n) is 2.79. The minimum absolute atomic E-state index is 0.0540. The number of nitrogens with zero attached hydrogens (tertiary/aromatic N) is 5. The third kappa shape index (κ3) is 5.73. The Morgan fingerprint density at radius 2 is 1.94 bits per heavy atom. The molecule has 10 heteroatoms. The fourth-order valence-corrected chi connectivity index (χ4v) is 3.51. The van der Waals surface area contributed by atoms with Crippen molar-refractivity contribution in [2.45, 2.75) is 18.4 Å². The van der Waals surface area contributed by atoms with Crippen LogP contribution in [0.15, 0.2) is 76.6 Å².